The largest absolute Gasteiger partial charge is 0.490 e. The quantitative estimate of drug-likeness (QED) is 0.291. The summed E-state index contributed by atoms with van der Waals surface area (Å²) >= 11 is 6.47. The standard InChI is InChI=1S/C40H49ClN6O6S/c1-5-47-22-30(20-42-47)38(49)44-54(51)23-26(2)8-6-10-35(53-39(50)45(3)4)32-14-11-29(32)21-46-24-40(17-7-9-27-18-31(41)13-15-33(27)40)25-52-36-16-12-28(19-34(36)46)37(48)43-54/h6,10,12-13,15-16,18-20,22,26,29,32,35H,5,7-9,11,14,17,21,23-25H2,1-4H3,(H,43,44,48,49,51)/b10-6+/t26-,29-,32+,35-,40-,54?/m0/s1. The fraction of sp³-hybridized carbons (Fsp3) is 0.500. The Morgan fingerprint density at radius 3 is 2.76 bits per heavy atom. The number of anilines is 1. The summed E-state index contributed by atoms with van der Waals surface area (Å²) in [6, 6.07) is 11.4. The molecule has 288 valence electrons. The van der Waals surface area contributed by atoms with Gasteiger partial charge in [0.25, 0.3) is 11.8 Å². The molecule has 2 aliphatic heterocycles. The lowest BCUT2D eigenvalue weighted by molar-refractivity contribution is 0.0140. The number of carbonyl (C=O) groups is 3. The van der Waals surface area contributed by atoms with Crippen LogP contribution in [-0.2, 0) is 33.0 Å². The molecule has 3 aromatic rings. The van der Waals surface area contributed by atoms with Crippen molar-refractivity contribution in [3.05, 3.63) is 88.2 Å². The van der Waals surface area contributed by atoms with Gasteiger partial charge in [0.05, 0.1) is 29.8 Å². The number of benzene rings is 2. The second-order valence-corrected chi connectivity index (χ2v) is 18.0. The minimum Gasteiger partial charge on any atom is -0.490 e. The number of allylic oxidation sites excluding steroid dienone is 1. The normalized spacial score (nSPS) is 28.6. The molecule has 3 heterocycles. The molecule has 7 rings (SSSR count). The Bertz CT molecular complexity index is 2090. The van der Waals surface area contributed by atoms with E-state index >= 15 is 0 Å². The van der Waals surface area contributed by atoms with E-state index in [1.807, 2.05) is 32.1 Å². The van der Waals surface area contributed by atoms with Crippen LogP contribution in [0.5, 0.6) is 5.75 Å². The van der Waals surface area contributed by atoms with Crippen LogP contribution in [0, 0.1) is 17.8 Å². The third-order valence-corrected chi connectivity index (χ3v) is 13.5. The van der Waals surface area contributed by atoms with E-state index in [0.29, 0.717) is 43.4 Å². The highest BCUT2D eigenvalue weighted by Crippen LogP contribution is 2.47. The Kier molecular flexibility index (Phi) is 10.8. The Balaban J connectivity index is 1.31. The van der Waals surface area contributed by atoms with Crippen molar-refractivity contribution in [1.82, 2.24) is 19.4 Å². The van der Waals surface area contributed by atoms with E-state index in [2.05, 4.69) is 31.2 Å². The molecule has 6 atom stereocenters. The molecule has 1 unspecified atom stereocenters. The summed E-state index contributed by atoms with van der Waals surface area (Å²) in [5.74, 6) is -0.714. The van der Waals surface area contributed by atoms with E-state index in [4.69, 9.17) is 21.1 Å². The molecule has 14 heteroatoms. The maximum absolute atomic E-state index is 14.6. The smallest absolute Gasteiger partial charge is 0.409 e. The molecule has 0 radical (unpaired) electrons. The van der Waals surface area contributed by atoms with E-state index < -0.39 is 33.9 Å². The van der Waals surface area contributed by atoms with E-state index in [9.17, 15) is 18.6 Å². The molecule has 1 spiro atoms. The molecule has 0 saturated heterocycles. The number of halogens is 1. The second-order valence-electron chi connectivity index (χ2n) is 15.5. The van der Waals surface area contributed by atoms with Crippen LogP contribution in [0.4, 0.5) is 10.5 Å². The molecule has 12 nitrogen and oxygen atoms in total. The van der Waals surface area contributed by atoms with Crippen molar-refractivity contribution in [2.24, 2.45) is 22.1 Å². The van der Waals surface area contributed by atoms with Crippen LogP contribution < -0.4 is 14.4 Å². The summed E-state index contributed by atoms with van der Waals surface area (Å²) in [6.45, 7) is 6.09. The van der Waals surface area contributed by atoms with Crippen LogP contribution >= 0.6 is 11.6 Å². The van der Waals surface area contributed by atoms with Gasteiger partial charge in [-0.1, -0.05) is 30.7 Å². The molecular formula is C40H49ClN6O6S. The van der Waals surface area contributed by atoms with Crippen LogP contribution in [0.15, 0.2) is 65.3 Å². The summed E-state index contributed by atoms with van der Waals surface area (Å²) in [6.07, 6.45) is 11.2. The first kappa shape index (κ1) is 37.9. The van der Waals surface area contributed by atoms with Gasteiger partial charge in [0.15, 0.2) is 0 Å². The van der Waals surface area contributed by atoms with Crippen molar-refractivity contribution in [2.75, 3.05) is 44.4 Å². The van der Waals surface area contributed by atoms with Gasteiger partial charge in [0.2, 0.25) is 0 Å². The number of amides is 3. The van der Waals surface area contributed by atoms with Gasteiger partial charge in [-0.2, -0.15) is 5.10 Å². The molecule has 2 aromatic carbocycles. The van der Waals surface area contributed by atoms with Gasteiger partial charge in [0.1, 0.15) is 21.8 Å². The van der Waals surface area contributed by atoms with Crippen molar-refractivity contribution < 1.29 is 28.1 Å². The van der Waals surface area contributed by atoms with Crippen LogP contribution in [-0.4, -0.2) is 82.4 Å². The van der Waals surface area contributed by atoms with E-state index in [0.717, 1.165) is 37.8 Å². The maximum atomic E-state index is 14.6. The van der Waals surface area contributed by atoms with Crippen molar-refractivity contribution in [2.45, 2.75) is 70.4 Å². The molecule has 54 heavy (non-hydrogen) atoms. The Morgan fingerprint density at radius 1 is 1.19 bits per heavy atom. The number of aromatic nitrogens is 2. The first-order chi connectivity index (χ1) is 25.8. The minimum absolute atomic E-state index is 0.0711. The van der Waals surface area contributed by atoms with Gasteiger partial charge in [0, 0.05) is 61.8 Å². The topological polar surface area (TPSA) is 135 Å². The zero-order valence-corrected chi connectivity index (χ0v) is 32.9. The number of aryl methyl sites for hydroxylation is 2. The number of rotatable bonds is 4. The highest BCUT2D eigenvalue weighted by Gasteiger charge is 2.45. The number of ether oxygens (including phenoxy) is 2. The number of nitrogens with one attached hydrogen (secondary N) is 1. The highest BCUT2D eigenvalue weighted by molar-refractivity contribution is 7.92. The molecule has 3 amide bonds. The number of hydrogen-bond acceptors (Lipinski definition) is 8. The highest BCUT2D eigenvalue weighted by atomic mass is 35.5. The predicted molar refractivity (Wildman–Crippen MR) is 208 cm³/mol. The molecule has 4 aliphatic rings. The number of hydrogen-bond donors (Lipinski definition) is 1. The van der Waals surface area contributed by atoms with Gasteiger partial charge in [-0.3, -0.25) is 19.0 Å². The number of fused-ring (bicyclic) bond motifs is 4. The average Bonchev–Trinajstić information content (AvgIpc) is 3.55. The fourth-order valence-corrected chi connectivity index (χ4v) is 10.4. The molecule has 2 aliphatic carbocycles. The zero-order chi connectivity index (χ0) is 38.2. The Hall–Kier alpha value is -4.36. The first-order valence-electron chi connectivity index (χ1n) is 18.8. The summed E-state index contributed by atoms with van der Waals surface area (Å²) in [7, 11) is -0.262. The van der Waals surface area contributed by atoms with Crippen molar-refractivity contribution >= 4 is 45.1 Å². The Labute approximate surface area is 322 Å². The minimum atomic E-state index is -3.61. The van der Waals surface area contributed by atoms with Crippen molar-refractivity contribution in [3.63, 3.8) is 0 Å². The third kappa shape index (κ3) is 7.89. The van der Waals surface area contributed by atoms with Gasteiger partial charge in [-0.05, 0) is 105 Å². The van der Waals surface area contributed by atoms with Crippen LogP contribution in [0.2, 0.25) is 5.02 Å². The summed E-state index contributed by atoms with van der Waals surface area (Å²) in [5, 5.41) is 4.88. The summed E-state index contributed by atoms with van der Waals surface area (Å²) < 4.78 is 35.8. The summed E-state index contributed by atoms with van der Waals surface area (Å²) in [5.41, 5.74) is 3.34. The SMILES string of the molecule is CCn1cc(C(=O)NS2(=O)=NC(=O)c3ccc4c(c3)N(C[C@@H]3CC[C@H]3[C@@H](OC(=O)N(C)C)/C=C/C[C@H](C)C2)C[C@@]2(CCCc3cc(Cl)ccc32)CO4)cn1. The van der Waals surface area contributed by atoms with Gasteiger partial charge in [-0.15, -0.1) is 4.36 Å². The van der Waals surface area contributed by atoms with Crippen LogP contribution in [0.3, 0.4) is 0 Å². The monoisotopic (exact) mass is 776 g/mol. The average molecular weight is 777 g/mol. The van der Waals surface area contributed by atoms with Gasteiger partial charge in [-0.25, -0.2) is 9.00 Å². The van der Waals surface area contributed by atoms with E-state index in [1.54, 1.807) is 43.2 Å². The van der Waals surface area contributed by atoms with Gasteiger partial charge < -0.3 is 19.3 Å². The van der Waals surface area contributed by atoms with Crippen molar-refractivity contribution in [3.8, 4) is 5.75 Å². The van der Waals surface area contributed by atoms with Gasteiger partial charge >= 0.3 is 6.09 Å². The molecule has 1 fully saturated rings. The number of nitrogens with zero attached hydrogens (tertiary/aromatic N) is 5. The van der Waals surface area contributed by atoms with Crippen LogP contribution in [0.1, 0.15) is 77.8 Å². The molecule has 1 saturated carbocycles. The molecule has 1 N–H and O–H groups in total. The number of carbonyl (C=O) groups excluding carboxylic acids is 3. The molecule has 1 aromatic heterocycles. The van der Waals surface area contributed by atoms with E-state index in [1.165, 1.54) is 22.2 Å². The maximum Gasteiger partial charge on any atom is 0.409 e. The second kappa shape index (κ2) is 15.4. The third-order valence-electron chi connectivity index (χ3n) is 11.3. The lowest BCUT2D eigenvalue weighted by atomic mass is 9.68. The molecular weight excluding hydrogens is 728 g/mol. The lowest BCUT2D eigenvalue weighted by Crippen LogP contribution is -2.50. The summed E-state index contributed by atoms with van der Waals surface area (Å²) in [4.78, 5) is 44.1. The van der Waals surface area contributed by atoms with E-state index in [-0.39, 0.29) is 40.0 Å². The zero-order valence-electron chi connectivity index (χ0n) is 31.3. The Morgan fingerprint density at radius 2 is 2.02 bits per heavy atom. The fourth-order valence-electron chi connectivity index (χ4n) is 8.32. The van der Waals surface area contributed by atoms with Crippen molar-refractivity contribution in [1.29, 1.82) is 0 Å². The predicted octanol–water partition coefficient (Wildman–Crippen LogP) is 6.67. The van der Waals surface area contributed by atoms with Crippen LogP contribution in [0.25, 0.3) is 0 Å². The first-order valence-corrected chi connectivity index (χ1v) is 20.9. The molecule has 2 bridgehead atoms. The lowest BCUT2D eigenvalue weighted by Gasteiger charge is -2.46.